The second-order valence-electron chi connectivity index (χ2n) is 4.48. The van der Waals surface area contributed by atoms with Crippen molar-refractivity contribution < 1.29 is 0 Å². The monoisotopic (exact) mass is 169 g/mol. The lowest BCUT2D eigenvalue weighted by Gasteiger charge is -2.34. The first-order valence-electron chi connectivity index (χ1n) is 4.90. The van der Waals surface area contributed by atoms with Crippen LogP contribution in [0, 0.1) is 0 Å². The number of hydrogen-bond acceptors (Lipinski definition) is 3. The molecule has 0 saturated carbocycles. The Bertz CT molecular complexity index is 171. The van der Waals surface area contributed by atoms with E-state index in [1.165, 1.54) is 25.9 Å². The Morgan fingerprint density at radius 2 is 1.75 bits per heavy atom. The molecule has 0 aromatic heterocycles. The molecule has 2 heterocycles. The Hall–Kier alpha value is -0.120. The summed E-state index contributed by atoms with van der Waals surface area (Å²) in [5.41, 5.74) is 0.422. The van der Waals surface area contributed by atoms with E-state index in [-0.39, 0.29) is 0 Å². The molecule has 2 saturated heterocycles. The van der Waals surface area contributed by atoms with Gasteiger partial charge in [-0.3, -0.25) is 5.84 Å². The zero-order valence-electron chi connectivity index (χ0n) is 8.08. The Kier molecular flexibility index (Phi) is 1.90. The predicted molar refractivity (Wildman–Crippen MR) is 49.6 cm³/mol. The molecule has 1 unspecified atom stereocenters. The predicted octanol–water partition coefficient (Wildman–Crippen LogP) is 0.419. The van der Waals surface area contributed by atoms with Crippen molar-refractivity contribution in [2.75, 3.05) is 19.6 Å². The van der Waals surface area contributed by atoms with Gasteiger partial charge in [0, 0.05) is 25.7 Å². The van der Waals surface area contributed by atoms with Crippen molar-refractivity contribution in [3.63, 3.8) is 0 Å². The number of rotatable bonds is 1. The fourth-order valence-corrected chi connectivity index (χ4v) is 2.18. The lowest BCUT2D eigenvalue weighted by molar-refractivity contribution is 0.146. The average Bonchev–Trinajstić information content (AvgIpc) is 2.62. The third kappa shape index (κ3) is 1.26. The topological polar surface area (TPSA) is 32.3 Å². The van der Waals surface area contributed by atoms with E-state index >= 15 is 0 Å². The standard InChI is InChI=1S/C9H19N3/c1-8(2)11-5-3-9(4-6-11)7-12(9)10/h8H,3-7,10H2,1-2H3. The fraction of sp³-hybridized carbons (Fsp3) is 1.00. The third-order valence-electron chi connectivity index (χ3n) is 3.43. The quantitative estimate of drug-likeness (QED) is 0.456. The van der Waals surface area contributed by atoms with Crippen molar-refractivity contribution in [2.24, 2.45) is 5.84 Å². The van der Waals surface area contributed by atoms with E-state index in [2.05, 4.69) is 18.7 Å². The molecule has 2 aliphatic rings. The molecule has 0 radical (unpaired) electrons. The maximum absolute atomic E-state index is 5.77. The molecular formula is C9H19N3. The van der Waals surface area contributed by atoms with E-state index in [9.17, 15) is 0 Å². The molecule has 3 heteroatoms. The van der Waals surface area contributed by atoms with Crippen LogP contribution in [0.4, 0.5) is 0 Å². The lowest BCUT2D eigenvalue weighted by atomic mass is 9.96. The van der Waals surface area contributed by atoms with E-state index < -0.39 is 0 Å². The van der Waals surface area contributed by atoms with Gasteiger partial charge in [-0.15, -0.1) is 0 Å². The largest absolute Gasteiger partial charge is 0.301 e. The molecule has 2 rings (SSSR count). The summed E-state index contributed by atoms with van der Waals surface area (Å²) in [6.07, 6.45) is 2.53. The van der Waals surface area contributed by atoms with Crippen molar-refractivity contribution >= 4 is 0 Å². The molecule has 2 fully saturated rings. The number of nitrogens with zero attached hydrogens (tertiary/aromatic N) is 2. The number of hydrogen-bond donors (Lipinski definition) is 1. The molecule has 0 aromatic carbocycles. The molecular weight excluding hydrogens is 150 g/mol. The van der Waals surface area contributed by atoms with E-state index in [0.29, 0.717) is 11.6 Å². The molecule has 12 heavy (non-hydrogen) atoms. The first-order chi connectivity index (χ1) is 5.64. The average molecular weight is 169 g/mol. The van der Waals surface area contributed by atoms with Gasteiger partial charge in [-0.25, -0.2) is 5.01 Å². The minimum absolute atomic E-state index is 0.422. The van der Waals surface area contributed by atoms with Gasteiger partial charge in [-0.05, 0) is 26.7 Å². The van der Waals surface area contributed by atoms with Crippen molar-refractivity contribution in [1.82, 2.24) is 9.91 Å². The van der Waals surface area contributed by atoms with E-state index in [1.54, 1.807) is 0 Å². The summed E-state index contributed by atoms with van der Waals surface area (Å²) >= 11 is 0. The van der Waals surface area contributed by atoms with Gasteiger partial charge in [0.25, 0.3) is 0 Å². The lowest BCUT2D eigenvalue weighted by Crippen LogP contribution is -2.43. The van der Waals surface area contributed by atoms with Crippen LogP contribution in [-0.4, -0.2) is 41.1 Å². The second-order valence-corrected chi connectivity index (χ2v) is 4.48. The first-order valence-corrected chi connectivity index (χ1v) is 4.90. The molecule has 2 N–H and O–H groups in total. The number of nitrogens with two attached hydrogens (primary N) is 1. The fourth-order valence-electron chi connectivity index (χ4n) is 2.18. The number of hydrazine groups is 1. The highest BCUT2D eigenvalue weighted by Crippen LogP contribution is 2.38. The molecule has 0 aliphatic carbocycles. The van der Waals surface area contributed by atoms with Gasteiger partial charge < -0.3 is 4.90 Å². The molecule has 0 aromatic rings. The van der Waals surface area contributed by atoms with Gasteiger partial charge in [-0.2, -0.15) is 0 Å². The summed E-state index contributed by atoms with van der Waals surface area (Å²) in [5, 5.41) is 2.00. The van der Waals surface area contributed by atoms with Gasteiger partial charge in [0.15, 0.2) is 0 Å². The van der Waals surface area contributed by atoms with Crippen LogP contribution in [0.2, 0.25) is 0 Å². The summed E-state index contributed by atoms with van der Waals surface area (Å²) in [7, 11) is 0. The Morgan fingerprint density at radius 1 is 1.25 bits per heavy atom. The van der Waals surface area contributed by atoms with Crippen LogP contribution in [0.25, 0.3) is 0 Å². The number of likely N-dealkylation sites (tertiary alicyclic amines) is 1. The van der Waals surface area contributed by atoms with Crippen LogP contribution in [0.5, 0.6) is 0 Å². The zero-order valence-corrected chi connectivity index (χ0v) is 8.08. The van der Waals surface area contributed by atoms with Gasteiger partial charge in [0.1, 0.15) is 0 Å². The summed E-state index contributed by atoms with van der Waals surface area (Å²) in [5.74, 6) is 5.77. The Balaban J connectivity index is 1.86. The molecule has 0 amide bonds. The minimum Gasteiger partial charge on any atom is -0.301 e. The first kappa shape index (κ1) is 8.48. The smallest absolute Gasteiger partial charge is 0.0517 e. The Labute approximate surface area is 74.5 Å². The van der Waals surface area contributed by atoms with Crippen molar-refractivity contribution in [3.05, 3.63) is 0 Å². The molecule has 0 bridgehead atoms. The van der Waals surface area contributed by atoms with Crippen LogP contribution >= 0.6 is 0 Å². The maximum atomic E-state index is 5.77. The van der Waals surface area contributed by atoms with Crippen LogP contribution in [-0.2, 0) is 0 Å². The van der Waals surface area contributed by atoms with Crippen LogP contribution in [0.1, 0.15) is 26.7 Å². The van der Waals surface area contributed by atoms with Gasteiger partial charge in [0.05, 0.1) is 5.54 Å². The highest BCUT2D eigenvalue weighted by Gasteiger charge is 2.51. The second kappa shape index (κ2) is 2.69. The van der Waals surface area contributed by atoms with Gasteiger partial charge in [0.2, 0.25) is 0 Å². The minimum atomic E-state index is 0.422. The SMILES string of the molecule is CC(C)N1CCC2(CC1)CN2N. The molecule has 70 valence electrons. The zero-order chi connectivity index (χ0) is 8.77. The maximum Gasteiger partial charge on any atom is 0.0517 e. The van der Waals surface area contributed by atoms with Crippen LogP contribution in [0.15, 0.2) is 0 Å². The highest BCUT2D eigenvalue weighted by molar-refractivity contribution is 5.07. The van der Waals surface area contributed by atoms with E-state index in [4.69, 9.17) is 5.84 Å². The summed E-state index contributed by atoms with van der Waals surface area (Å²) in [6, 6.07) is 0.701. The third-order valence-corrected chi connectivity index (χ3v) is 3.43. The normalized spacial score (nSPS) is 34.5. The summed E-state index contributed by atoms with van der Waals surface area (Å²) in [4.78, 5) is 2.54. The summed E-state index contributed by atoms with van der Waals surface area (Å²) in [6.45, 7) is 8.12. The van der Waals surface area contributed by atoms with Crippen LogP contribution in [0.3, 0.4) is 0 Å². The van der Waals surface area contributed by atoms with E-state index in [0.717, 1.165) is 6.54 Å². The van der Waals surface area contributed by atoms with Gasteiger partial charge >= 0.3 is 0 Å². The molecule has 1 atom stereocenters. The summed E-state index contributed by atoms with van der Waals surface area (Å²) < 4.78 is 0. The highest BCUT2D eigenvalue weighted by atomic mass is 15.6. The van der Waals surface area contributed by atoms with Crippen LogP contribution < -0.4 is 5.84 Å². The Morgan fingerprint density at radius 3 is 2.08 bits per heavy atom. The van der Waals surface area contributed by atoms with Crippen molar-refractivity contribution in [2.45, 2.75) is 38.3 Å². The molecule has 1 spiro atoms. The number of piperidine rings is 1. The molecule has 3 nitrogen and oxygen atoms in total. The van der Waals surface area contributed by atoms with E-state index in [1.807, 2.05) is 5.01 Å². The van der Waals surface area contributed by atoms with Crippen molar-refractivity contribution in [3.8, 4) is 0 Å². The molecule has 2 aliphatic heterocycles. The van der Waals surface area contributed by atoms with Crippen molar-refractivity contribution in [1.29, 1.82) is 0 Å². The van der Waals surface area contributed by atoms with Gasteiger partial charge in [-0.1, -0.05) is 0 Å².